The first-order chi connectivity index (χ1) is 14.9. The van der Waals surface area contributed by atoms with Crippen LogP contribution < -0.4 is 5.32 Å². The number of nitrogens with one attached hydrogen (secondary N) is 1. The lowest BCUT2D eigenvalue weighted by atomic mass is 9.59. The normalized spacial score (nSPS) is 28.2. The summed E-state index contributed by atoms with van der Waals surface area (Å²) in [5.41, 5.74) is 2.99. The standard InChI is InChI=1S/C26H32ClNO3/c1-18(17-29)14-20-15-19-6-3-4-9-23(19)25(20)10-12-26(13-11-25,24(30)31-2)28-22-8-5-7-21(27)16-22/h3-9,16,18,20,28-29H,10-15,17H2,1-2H3/t18?,20-,25?,26?/m1/s1. The van der Waals surface area contributed by atoms with Crippen molar-refractivity contribution in [3.63, 3.8) is 0 Å². The predicted octanol–water partition coefficient (Wildman–Crippen LogP) is 5.37. The van der Waals surface area contributed by atoms with E-state index in [1.807, 2.05) is 24.3 Å². The molecule has 1 unspecified atom stereocenters. The molecule has 1 saturated carbocycles. The van der Waals surface area contributed by atoms with E-state index in [1.165, 1.54) is 18.2 Å². The number of ether oxygens (including phenoxy) is 1. The minimum absolute atomic E-state index is 0.0492. The van der Waals surface area contributed by atoms with Gasteiger partial charge in [-0.1, -0.05) is 48.9 Å². The SMILES string of the molecule is COC(=O)C1(Nc2cccc(Cl)c2)CCC2(CC1)c1ccccc1C[C@H]2CC(C)CO. The summed E-state index contributed by atoms with van der Waals surface area (Å²) in [5.74, 6) is 0.538. The number of esters is 1. The van der Waals surface area contributed by atoms with E-state index in [0.717, 1.165) is 31.4 Å². The third-order valence-electron chi connectivity index (χ3n) is 7.58. The van der Waals surface area contributed by atoms with Gasteiger partial charge in [0.05, 0.1) is 7.11 Å². The summed E-state index contributed by atoms with van der Waals surface area (Å²) >= 11 is 6.18. The second-order valence-corrected chi connectivity index (χ2v) is 9.88. The Kier molecular flexibility index (Phi) is 6.32. The number of anilines is 1. The minimum atomic E-state index is -0.755. The van der Waals surface area contributed by atoms with E-state index in [4.69, 9.17) is 16.3 Å². The third kappa shape index (κ3) is 4.08. The molecule has 2 aliphatic carbocycles. The Hall–Kier alpha value is -2.04. The monoisotopic (exact) mass is 441 g/mol. The molecule has 2 N–H and O–H groups in total. The van der Waals surface area contributed by atoms with Crippen molar-refractivity contribution in [3.8, 4) is 0 Å². The Morgan fingerprint density at radius 2 is 1.94 bits per heavy atom. The van der Waals surface area contributed by atoms with Crippen molar-refractivity contribution in [1.82, 2.24) is 0 Å². The van der Waals surface area contributed by atoms with Crippen molar-refractivity contribution in [2.45, 2.75) is 56.4 Å². The second kappa shape index (κ2) is 8.84. The number of methoxy groups -OCH3 is 1. The van der Waals surface area contributed by atoms with Gasteiger partial charge in [-0.2, -0.15) is 0 Å². The zero-order valence-electron chi connectivity index (χ0n) is 18.4. The zero-order valence-corrected chi connectivity index (χ0v) is 19.1. The van der Waals surface area contributed by atoms with Crippen LogP contribution in [0.1, 0.15) is 50.2 Å². The highest BCUT2D eigenvalue weighted by molar-refractivity contribution is 6.30. The van der Waals surface area contributed by atoms with Gasteiger partial charge in [-0.25, -0.2) is 4.79 Å². The zero-order chi connectivity index (χ0) is 22.1. The molecule has 0 aliphatic heterocycles. The van der Waals surface area contributed by atoms with Gasteiger partial charge in [-0.3, -0.25) is 0 Å². The Morgan fingerprint density at radius 3 is 2.61 bits per heavy atom. The van der Waals surface area contributed by atoms with E-state index >= 15 is 0 Å². The van der Waals surface area contributed by atoms with Crippen LogP contribution >= 0.6 is 11.6 Å². The van der Waals surface area contributed by atoms with Crippen LogP contribution in [-0.4, -0.2) is 30.3 Å². The number of aliphatic hydroxyl groups is 1. The van der Waals surface area contributed by atoms with Crippen molar-refractivity contribution in [1.29, 1.82) is 0 Å². The van der Waals surface area contributed by atoms with E-state index in [9.17, 15) is 9.90 Å². The summed E-state index contributed by atoms with van der Waals surface area (Å²) in [6.07, 6.45) is 5.27. The topological polar surface area (TPSA) is 58.6 Å². The highest BCUT2D eigenvalue weighted by Gasteiger charge is 2.54. The fourth-order valence-corrected chi connectivity index (χ4v) is 6.14. The molecule has 1 fully saturated rings. The molecule has 0 saturated heterocycles. The van der Waals surface area contributed by atoms with Gasteiger partial charge in [-0.05, 0) is 85.1 Å². The van der Waals surface area contributed by atoms with E-state index in [0.29, 0.717) is 23.8 Å². The van der Waals surface area contributed by atoms with Gasteiger partial charge in [-0.15, -0.1) is 0 Å². The number of rotatable bonds is 6. The third-order valence-corrected chi connectivity index (χ3v) is 7.82. The number of halogens is 1. The first kappa shape index (κ1) is 22.2. The van der Waals surface area contributed by atoms with Crippen LogP contribution in [0.3, 0.4) is 0 Å². The number of hydrogen-bond acceptors (Lipinski definition) is 4. The van der Waals surface area contributed by atoms with E-state index in [2.05, 4.69) is 36.5 Å². The molecule has 0 amide bonds. The number of hydrogen-bond donors (Lipinski definition) is 2. The van der Waals surface area contributed by atoms with Gasteiger partial charge in [0.1, 0.15) is 5.54 Å². The van der Waals surface area contributed by atoms with Gasteiger partial charge in [0, 0.05) is 17.3 Å². The van der Waals surface area contributed by atoms with Crippen molar-refractivity contribution >= 4 is 23.3 Å². The molecule has 166 valence electrons. The van der Waals surface area contributed by atoms with Gasteiger partial charge in [0.25, 0.3) is 0 Å². The number of carbonyl (C=O) groups excluding carboxylic acids is 1. The summed E-state index contributed by atoms with van der Waals surface area (Å²) < 4.78 is 5.26. The maximum atomic E-state index is 13.0. The molecular weight excluding hydrogens is 410 g/mol. The van der Waals surface area contributed by atoms with Crippen LogP contribution in [0.5, 0.6) is 0 Å². The molecule has 1 spiro atoms. The Bertz CT molecular complexity index is 936. The van der Waals surface area contributed by atoms with Gasteiger partial charge in [0.2, 0.25) is 0 Å². The number of aliphatic hydroxyl groups excluding tert-OH is 1. The second-order valence-electron chi connectivity index (χ2n) is 9.45. The van der Waals surface area contributed by atoms with Crippen molar-refractivity contribution < 1.29 is 14.6 Å². The van der Waals surface area contributed by atoms with Crippen LogP contribution in [0.2, 0.25) is 5.02 Å². The molecule has 4 rings (SSSR count). The summed E-state index contributed by atoms with van der Waals surface area (Å²) in [7, 11) is 1.46. The van der Waals surface area contributed by atoms with E-state index < -0.39 is 5.54 Å². The number of fused-ring (bicyclic) bond motifs is 2. The first-order valence-electron chi connectivity index (χ1n) is 11.2. The van der Waals surface area contributed by atoms with Crippen molar-refractivity contribution in [2.24, 2.45) is 11.8 Å². The van der Waals surface area contributed by atoms with Crippen LogP contribution in [0.25, 0.3) is 0 Å². The summed E-state index contributed by atoms with van der Waals surface area (Å²) in [6.45, 7) is 2.34. The summed E-state index contributed by atoms with van der Waals surface area (Å²) in [6, 6.07) is 16.3. The molecular formula is C26H32ClNO3. The quantitative estimate of drug-likeness (QED) is 0.592. The molecule has 2 aliphatic rings. The first-order valence-corrected chi connectivity index (χ1v) is 11.6. The van der Waals surface area contributed by atoms with Crippen LogP contribution in [0.15, 0.2) is 48.5 Å². The number of benzene rings is 2. The van der Waals surface area contributed by atoms with Gasteiger partial charge < -0.3 is 15.2 Å². The minimum Gasteiger partial charge on any atom is -0.467 e. The largest absolute Gasteiger partial charge is 0.467 e. The van der Waals surface area contributed by atoms with E-state index in [-0.39, 0.29) is 23.9 Å². The van der Waals surface area contributed by atoms with Crippen molar-refractivity contribution in [3.05, 3.63) is 64.7 Å². The molecule has 31 heavy (non-hydrogen) atoms. The van der Waals surface area contributed by atoms with E-state index in [1.54, 1.807) is 0 Å². The summed E-state index contributed by atoms with van der Waals surface area (Å²) in [5, 5.41) is 13.8. The molecule has 2 atom stereocenters. The van der Waals surface area contributed by atoms with Crippen LogP contribution in [0, 0.1) is 11.8 Å². The van der Waals surface area contributed by atoms with Crippen LogP contribution in [0.4, 0.5) is 5.69 Å². The molecule has 2 aromatic carbocycles. The lowest BCUT2D eigenvalue weighted by molar-refractivity contribution is -0.148. The lowest BCUT2D eigenvalue weighted by Gasteiger charge is -2.47. The average Bonchev–Trinajstić information content (AvgIpc) is 3.07. The molecule has 4 nitrogen and oxygen atoms in total. The highest BCUT2D eigenvalue weighted by Crippen LogP contribution is 2.56. The molecule has 2 aromatic rings. The predicted molar refractivity (Wildman–Crippen MR) is 124 cm³/mol. The van der Waals surface area contributed by atoms with Gasteiger partial charge in [0.15, 0.2) is 0 Å². The van der Waals surface area contributed by atoms with Crippen molar-refractivity contribution in [2.75, 3.05) is 19.0 Å². The molecule has 0 radical (unpaired) electrons. The van der Waals surface area contributed by atoms with Crippen LogP contribution in [-0.2, 0) is 21.4 Å². The fourth-order valence-electron chi connectivity index (χ4n) is 5.95. The summed E-state index contributed by atoms with van der Waals surface area (Å²) in [4.78, 5) is 13.0. The highest BCUT2D eigenvalue weighted by atomic mass is 35.5. The maximum Gasteiger partial charge on any atom is 0.331 e. The Morgan fingerprint density at radius 1 is 1.19 bits per heavy atom. The lowest BCUT2D eigenvalue weighted by Crippen LogP contribution is -2.53. The number of carbonyl (C=O) groups is 1. The molecule has 0 aromatic heterocycles. The fraction of sp³-hybridized carbons (Fsp3) is 0.500. The maximum absolute atomic E-state index is 13.0. The Labute approximate surface area is 190 Å². The molecule has 5 heteroatoms. The molecule has 0 bridgehead atoms. The Balaban J connectivity index is 1.64. The van der Waals surface area contributed by atoms with Gasteiger partial charge >= 0.3 is 5.97 Å². The molecule has 0 heterocycles. The smallest absolute Gasteiger partial charge is 0.331 e. The average molecular weight is 442 g/mol.